The number of carbonyl (C=O) groups excluding carboxylic acids is 1. The largest absolute Gasteiger partial charge is 0.480 e. The second kappa shape index (κ2) is 6.69. The van der Waals surface area contributed by atoms with Crippen LogP contribution in [0.25, 0.3) is 0 Å². The molecule has 1 saturated carbocycles. The van der Waals surface area contributed by atoms with Crippen molar-refractivity contribution in [1.82, 2.24) is 5.32 Å². The Morgan fingerprint density at radius 3 is 2.60 bits per heavy atom. The van der Waals surface area contributed by atoms with Crippen molar-refractivity contribution in [3.63, 3.8) is 0 Å². The molecule has 0 saturated heterocycles. The first-order valence-corrected chi connectivity index (χ1v) is 7.77. The molecule has 20 heavy (non-hydrogen) atoms. The van der Waals surface area contributed by atoms with Crippen LogP contribution in [-0.4, -0.2) is 29.6 Å². The fraction of sp³-hybridized carbons (Fsp3) is 0.385. The average Bonchev–Trinajstić information content (AvgIpc) is 3.17. The minimum atomic E-state index is -0.898. The van der Waals surface area contributed by atoms with Gasteiger partial charge >= 0.3 is 5.97 Å². The quantitative estimate of drug-likeness (QED) is 0.679. The number of hydrogen-bond acceptors (Lipinski definition) is 3. The summed E-state index contributed by atoms with van der Waals surface area (Å²) in [6, 6.07) is 4.78. The van der Waals surface area contributed by atoms with Gasteiger partial charge in [-0.2, -0.15) is 0 Å². The Hall–Kier alpha value is -0.920. The van der Waals surface area contributed by atoms with Crippen LogP contribution in [0, 0.1) is 5.92 Å². The maximum absolute atomic E-state index is 11.8. The van der Waals surface area contributed by atoms with Gasteiger partial charge < -0.3 is 10.4 Å². The molecule has 2 rings (SSSR count). The number of aliphatic carboxylic acids is 1. The topological polar surface area (TPSA) is 78.4 Å². The number of hydrogen-bond donors (Lipinski definition) is 3. The van der Waals surface area contributed by atoms with Gasteiger partial charge in [-0.25, -0.2) is 0 Å². The number of nitrogens with one attached hydrogen (secondary N) is 2. The van der Waals surface area contributed by atoms with Gasteiger partial charge in [-0.3, -0.25) is 14.9 Å². The molecule has 0 aromatic heterocycles. The first-order chi connectivity index (χ1) is 9.47. The lowest BCUT2D eigenvalue weighted by Crippen LogP contribution is -2.42. The lowest BCUT2D eigenvalue weighted by Gasteiger charge is -2.13. The molecule has 0 radical (unpaired) electrons. The second-order valence-electron chi connectivity index (χ2n) is 4.71. The number of carboxylic acids is 1. The molecule has 1 aliphatic rings. The van der Waals surface area contributed by atoms with Crippen molar-refractivity contribution in [3.05, 3.63) is 27.1 Å². The third-order valence-electron chi connectivity index (χ3n) is 3.05. The van der Waals surface area contributed by atoms with Gasteiger partial charge in [0.1, 0.15) is 6.04 Å². The monoisotopic (exact) mass is 404 g/mol. The van der Waals surface area contributed by atoms with Gasteiger partial charge in [0.15, 0.2) is 0 Å². The van der Waals surface area contributed by atoms with E-state index in [2.05, 4.69) is 42.5 Å². The lowest BCUT2D eigenvalue weighted by molar-refractivity contribution is -0.140. The number of rotatable bonds is 6. The predicted molar refractivity (Wildman–Crippen MR) is 82.6 cm³/mol. The summed E-state index contributed by atoms with van der Waals surface area (Å²) in [5.74, 6) is -1.01. The molecular formula is C13H14Br2N2O3. The van der Waals surface area contributed by atoms with E-state index in [0.717, 1.165) is 21.8 Å². The fourth-order valence-electron chi connectivity index (χ4n) is 1.87. The van der Waals surface area contributed by atoms with Crippen molar-refractivity contribution < 1.29 is 14.7 Å². The Kier molecular flexibility index (Phi) is 5.17. The highest BCUT2D eigenvalue weighted by Crippen LogP contribution is 2.32. The van der Waals surface area contributed by atoms with E-state index in [4.69, 9.17) is 5.11 Å². The molecule has 1 aliphatic carbocycles. The van der Waals surface area contributed by atoms with Crippen LogP contribution >= 0.6 is 31.9 Å². The van der Waals surface area contributed by atoms with Crippen LogP contribution in [0.5, 0.6) is 0 Å². The number of halogens is 2. The van der Waals surface area contributed by atoms with Crippen LogP contribution < -0.4 is 10.6 Å². The number of benzene rings is 1. The third-order valence-corrected chi connectivity index (χ3v) is 4.20. The molecule has 0 aliphatic heterocycles. The normalized spacial score (nSPS) is 15.7. The first kappa shape index (κ1) is 15.5. The number of carboxylic acid groups (broad SMARTS) is 1. The molecule has 1 atom stereocenters. The van der Waals surface area contributed by atoms with E-state index < -0.39 is 12.0 Å². The summed E-state index contributed by atoms with van der Waals surface area (Å²) in [5.41, 5.74) is 0.651. The van der Waals surface area contributed by atoms with Crippen molar-refractivity contribution in [2.45, 2.75) is 18.9 Å². The van der Waals surface area contributed by atoms with Crippen LogP contribution in [-0.2, 0) is 9.59 Å². The predicted octanol–water partition coefficient (Wildman–Crippen LogP) is 2.60. The highest BCUT2D eigenvalue weighted by molar-refractivity contribution is 9.11. The van der Waals surface area contributed by atoms with Gasteiger partial charge in [-0.15, -0.1) is 0 Å². The Labute approximate surface area is 133 Å². The second-order valence-corrected chi connectivity index (χ2v) is 6.48. The van der Waals surface area contributed by atoms with Crippen molar-refractivity contribution in [1.29, 1.82) is 0 Å². The highest BCUT2D eigenvalue weighted by Gasteiger charge is 2.36. The smallest absolute Gasteiger partial charge is 0.320 e. The zero-order valence-corrected chi connectivity index (χ0v) is 13.7. The minimum absolute atomic E-state index is 0.0179. The van der Waals surface area contributed by atoms with Crippen molar-refractivity contribution in [3.8, 4) is 0 Å². The zero-order chi connectivity index (χ0) is 14.7. The van der Waals surface area contributed by atoms with E-state index in [9.17, 15) is 9.59 Å². The Morgan fingerprint density at radius 1 is 1.35 bits per heavy atom. The van der Waals surface area contributed by atoms with Crippen molar-refractivity contribution in [2.24, 2.45) is 5.92 Å². The van der Waals surface area contributed by atoms with Crippen LogP contribution in [0.4, 0.5) is 5.69 Å². The van der Waals surface area contributed by atoms with Crippen molar-refractivity contribution >= 4 is 49.4 Å². The minimum Gasteiger partial charge on any atom is -0.480 e. The van der Waals surface area contributed by atoms with Gasteiger partial charge in [0.2, 0.25) is 5.91 Å². The van der Waals surface area contributed by atoms with Crippen LogP contribution in [0.1, 0.15) is 12.8 Å². The Balaban J connectivity index is 1.87. The fourth-order valence-corrected chi connectivity index (χ4v) is 3.02. The molecule has 3 N–H and O–H groups in total. The standard InChI is InChI=1S/C13H14Br2N2O3/c14-8-3-4-10(9(15)5-8)17-11(18)6-16-12(13(19)20)7-1-2-7/h3-5,7,12,16H,1-2,6H2,(H,17,18)(H,19,20). The highest BCUT2D eigenvalue weighted by atomic mass is 79.9. The Morgan fingerprint density at radius 2 is 2.05 bits per heavy atom. The molecule has 0 heterocycles. The van der Waals surface area contributed by atoms with Gasteiger partial charge in [0.25, 0.3) is 0 Å². The summed E-state index contributed by atoms with van der Waals surface area (Å²) >= 11 is 6.68. The molecule has 108 valence electrons. The third kappa shape index (κ3) is 4.29. The molecule has 0 spiro atoms. The van der Waals surface area contributed by atoms with Crippen LogP contribution in [0.3, 0.4) is 0 Å². The molecule has 5 nitrogen and oxygen atoms in total. The lowest BCUT2D eigenvalue weighted by atomic mass is 10.2. The summed E-state index contributed by atoms with van der Waals surface area (Å²) in [7, 11) is 0. The SMILES string of the molecule is O=C(CNC(C(=O)O)C1CC1)Nc1ccc(Br)cc1Br. The average molecular weight is 406 g/mol. The van der Waals surface area contributed by atoms with Crippen LogP contribution in [0.2, 0.25) is 0 Å². The van der Waals surface area contributed by atoms with E-state index in [0.29, 0.717) is 5.69 Å². The maximum Gasteiger partial charge on any atom is 0.320 e. The summed E-state index contributed by atoms with van der Waals surface area (Å²) < 4.78 is 1.66. The zero-order valence-electron chi connectivity index (χ0n) is 10.5. The van der Waals surface area contributed by atoms with E-state index in [1.54, 1.807) is 6.07 Å². The van der Waals surface area contributed by atoms with E-state index in [-0.39, 0.29) is 18.4 Å². The first-order valence-electron chi connectivity index (χ1n) is 6.18. The van der Waals surface area contributed by atoms with Crippen molar-refractivity contribution in [2.75, 3.05) is 11.9 Å². The van der Waals surface area contributed by atoms with Gasteiger partial charge in [-0.05, 0) is 52.9 Å². The van der Waals surface area contributed by atoms with E-state index in [1.807, 2.05) is 12.1 Å². The molecule has 1 fully saturated rings. The molecule has 1 aromatic rings. The summed E-state index contributed by atoms with van der Waals surface area (Å²) in [4.78, 5) is 22.9. The number of amides is 1. The van der Waals surface area contributed by atoms with E-state index >= 15 is 0 Å². The molecule has 1 amide bonds. The Bertz CT molecular complexity index is 532. The van der Waals surface area contributed by atoms with Gasteiger partial charge in [-0.1, -0.05) is 15.9 Å². The molecule has 1 unspecified atom stereocenters. The maximum atomic E-state index is 11.8. The summed E-state index contributed by atoms with van der Waals surface area (Å²) in [6.45, 7) is -0.0179. The number of carbonyl (C=O) groups is 2. The molecular weight excluding hydrogens is 392 g/mol. The van der Waals surface area contributed by atoms with Gasteiger partial charge in [0, 0.05) is 8.95 Å². The van der Waals surface area contributed by atoms with E-state index in [1.165, 1.54) is 0 Å². The molecule has 7 heteroatoms. The number of anilines is 1. The van der Waals surface area contributed by atoms with Crippen LogP contribution in [0.15, 0.2) is 27.1 Å². The van der Waals surface area contributed by atoms with Gasteiger partial charge in [0.05, 0.1) is 12.2 Å². The summed E-state index contributed by atoms with van der Waals surface area (Å²) in [5, 5.41) is 14.6. The molecule has 1 aromatic carbocycles. The summed E-state index contributed by atoms with van der Waals surface area (Å²) in [6.07, 6.45) is 1.81. The molecule has 0 bridgehead atoms.